The van der Waals surface area contributed by atoms with Crippen molar-refractivity contribution >= 4 is 11.6 Å². The first-order chi connectivity index (χ1) is 1.89. The fourth-order valence-electron chi connectivity index (χ4n) is 0.0364. The number of rotatable bonds is 0. The van der Waals surface area contributed by atoms with E-state index in [0.717, 1.165) is 6.61 Å². The van der Waals surface area contributed by atoms with Crippen molar-refractivity contribution in [1.82, 2.24) is 0 Å². The zero-order valence-corrected chi connectivity index (χ0v) is 2.83. The molecule has 0 aliphatic carbocycles. The molecule has 0 spiro atoms. The van der Waals surface area contributed by atoms with Crippen LogP contribution < -0.4 is 0 Å². The Kier molecular flexibility index (Phi) is 0.371. The van der Waals surface area contributed by atoms with Gasteiger partial charge in [0.1, 0.15) is 0 Å². The molecular weight excluding hydrogens is 75.5 g/mol. The van der Waals surface area contributed by atoms with Crippen molar-refractivity contribution in [3.05, 3.63) is 0 Å². The van der Waals surface area contributed by atoms with Gasteiger partial charge in [0.2, 0.25) is 0 Å². The molecule has 1 nitrogen and oxygen atoms in total. The van der Waals surface area contributed by atoms with Gasteiger partial charge in [-0.15, -0.1) is 0 Å². The van der Waals surface area contributed by atoms with Crippen LogP contribution in [0.3, 0.4) is 0 Å². The van der Waals surface area contributed by atoms with Gasteiger partial charge in [-0.3, -0.25) is 0 Å². The molecule has 0 N–H and O–H groups in total. The van der Waals surface area contributed by atoms with Crippen LogP contribution in [-0.2, 0) is 4.74 Å². The molecule has 0 amide bonds. The lowest BCUT2D eigenvalue weighted by Gasteiger charge is -1.48. The minimum atomic E-state index is 0.0556. The van der Waals surface area contributed by atoms with Crippen LogP contribution in [0.15, 0.2) is 0 Å². The van der Waals surface area contributed by atoms with E-state index in [2.05, 4.69) is 4.74 Å². The average molecular weight is 78.5 g/mol. The molecular formula is C2H3ClO. The summed E-state index contributed by atoms with van der Waals surface area (Å²) in [5.74, 6) is 0. The maximum absolute atomic E-state index is 5.16. The summed E-state index contributed by atoms with van der Waals surface area (Å²) in [5, 5.41) is 0. The molecule has 1 rings (SSSR count). The first-order valence-corrected chi connectivity index (χ1v) is 1.59. The third kappa shape index (κ3) is 0.333. The van der Waals surface area contributed by atoms with Crippen LogP contribution in [0, 0.1) is 0 Å². The largest absolute Gasteiger partial charge is 0.356 e. The number of alkyl halides is 1. The Morgan fingerprint density at radius 3 is 2.25 bits per heavy atom. The van der Waals surface area contributed by atoms with Gasteiger partial charge in [0.15, 0.2) is 5.56 Å². The molecule has 4 heavy (non-hydrogen) atoms. The Morgan fingerprint density at radius 1 is 2.00 bits per heavy atom. The minimum absolute atomic E-state index is 0.0556. The summed E-state index contributed by atoms with van der Waals surface area (Å²) in [6, 6.07) is 0. The topological polar surface area (TPSA) is 12.5 Å². The smallest absolute Gasteiger partial charge is 0.154 e. The van der Waals surface area contributed by atoms with Crippen LogP contribution in [0.25, 0.3) is 0 Å². The Morgan fingerprint density at radius 2 is 2.25 bits per heavy atom. The molecule has 0 radical (unpaired) electrons. The van der Waals surface area contributed by atoms with E-state index in [0.29, 0.717) is 0 Å². The van der Waals surface area contributed by atoms with Crippen molar-refractivity contribution in [2.75, 3.05) is 6.61 Å². The monoisotopic (exact) mass is 78.0 g/mol. The molecule has 0 bridgehead atoms. The normalized spacial score (nSPS) is 39.8. The molecule has 1 fully saturated rings. The zero-order chi connectivity index (χ0) is 2.99. The van der Waals surface area contributed by atoms with E-state index in [1.807, 2.05) is 0 Å². The number of ether oxygens (including phenoxy) is 1. The Bertz CT molecular complexity index is 25.2. The van der Waals surface area contributed by atoms with Crippen molar-refractivity contribution < 1.29 is 4.74 Å². The highest BCUT2D eigenvalue weighted by atomic mass is 35.5. The molecule has 1 atom stereocenters. The summed E-state index contributed by atoms with van der Waals surface area (Å²) in [6.45, 7) is 0.752. The number of halogens is 1. The third-order valence-electron chi connectivity index (χ3n) is 0.293. The van der Waals surface area contributed by atoms with Gasteiger partial charge in [-0.25, -0.2) is 0 Å². The summed E-state index contributed by atoms with van der Waals surface area (Å²) >= 11 is 5.16. The standard InChI is InChI=1S/C2H3ClO/c3-2-1-4-2/h2H,1H2. The summed E-state index contributed by atoms with van der Waals surface area (Å²) < 4.78 is 4.47. The van der Waals surface area contributed by atoms with Crippen molar-refractivity contribution in [3.63, 3.8) is 0 Å². The molecule has 2 heteroatoms. The molecule has 1 saturated heterocycles. The summed E-state index contributed by atoms with van der Waals surface area (Å²) in [4.78, 5) is 0. The molecule has 1 aliphatic heterocycles. The van der Waals surface area contributed by atoms with Crippen LogP contribution in [0.5, 0.6) is 0 Å². The Labute approximate surface area is 29.5 Å². The van der Waals surface area contributed by atoms with Crippen LogP contribution >= 0.6 is 11.6 Å². The van der Waals surface area contributed by atoms with Crippen LogP contribution in [-0.4, -0.2) is 12.2 Å². The van der Waals surface area contributed by atoms with Crippen molar-refractivity contribution in [2.45, 2.75) is 5.56 Å². The Hall–Kier alpha value is 0.250. The van der Waals surface area contributed by atoms with Gasteiger partial charge in [-0.1, -0.05) is 11.6 Å². The maximum atomic E-state index is 5.16. The van der Waals surface area contributed by atoms with E-state index in [1.165, 1.54) is 0 Å². The lowest BCUT2D eigenvalue weighted by molar-refractivity contribution is 0.457. The van der Waals surface area contributed by atoms with Gasteiger partial charge in [0.05, 0.1) is 6.61 Å². The molecule has 0 aromatic carbocycles. The molecule has 24 valence electrons. The predicted octanol–water partition coefficient (Wildman–Crippen LogP) is 0.582. The van der Waals surface area contributed by atoms with E-state index < -0.39 is 0 Å². The van der Waals surface area contributed by atoms with Crippen molar-refractivity contribution in [1.29, 1.82) is 0 Å². The summed E-state index contributed by atoms with van der Waals surface area (Å²) in [7, 11) is 0. The van der Waals surface area contributed by atoms with Gasteiger partial charge in [0.25, 0.3) is 0 Å². The SMILES string of the molecule is ClC1CO1. The second-order valence-corrected chi connectivity index (χ2v) is 1.23. The quantitative estimate of drug-likeness (QED) is 0.305. The van der Waals surface area contributed by atoms with Gasteiger partial charge in [0, 0.05) is 0 Å². The van der Waals surface area contributed by atoms with E-state index in [4.69, 9.17) is 11.6 Å². The molecule has 1 aliphatic rings. The number of hydrogen-bond donors (Lipinski definition) is 0. The van der Waals surface area contributed by atoms with Crippen LogP contribution in [0.2, 0.25) is 0 Å². The van der Waals surface area contributed by atoms with Crippen LogP contribution in [0.4, 0.5) is 0 Å². The average Bonchev–Trinajstić information content (AvgIpc) is 1.75. The van der Waals surface area contributed by atoms with Crippen LogP contribution in [0.1, 0.15) is 0 Å². The second-order valence-electron chi connectivity index (χ2n) is 0.743. The lowest BCUT2D eigenvalue weighted by Crippen LogP contribution is -1.51. The summed E-state index contributed by atoms with van der Waals surface area (Å²) in [5.41, 5.74) is 0.0556. The van der Waals surface area contributed by atoms with Gasteiger partial charge in [-0.05, 0) is 0 Å². The van der Waals surface area contributed by atoms with E-state index >= 15 is 0 Å². The third-order valence-corrected chi connectivity index (χ3v) is 0.545. The first-order valence-electron chi connectivity index (χ1n) is 1.15. The fraction of sp³-hybridized carbons (Fsp3) is 1.00. The van der Waals surface area contributed by atoms with Gasteiger partial charge in [-0.2, -0.15) is 0 Å². The zero-order valence-electron chi connectivity index (χ0n) is 2.07. The number of hydrogen-bond acceptors (Lipinski definition) is 1. The van der Waals surface area contributed by atoms with Gasteiger partial charge < -0.3 is 4.74 Å². The van der Waals surface area contributed by atoms with E-state index in [1.54, 1.807) is 0 Å². The number of epoxide rings is 1. The summed E-state index contributed by atoms with van der Waals surface area (Å²) in [6.07, 6.45) is 0. The molecule has 1 unspecified atom stereocenters. The minimum Gasteiger partial charge on any atom is -0.356 e. The highest BCUT2D eigenvalue weighted by Crippen LogP contribution is 2.11. The second kappa shape index (κ2) is 0.597. The molecule has 0 aromatic rings. The highest BCUT2D eigenvalue weighted by molar-refractivity contribution is 6.21. The lowest BCUT2D eigenvalue weighted by atomic mass is 11.0. The first kappa shape index (κ1) is 2.49. The Balaban J connectivity index is 2.17. The molecule has 0 aromatic heterocycles. The maximum Gasteiger partial charge on any atom is 0.154 e. The predicted molar refractivity (Wildman–Crippen MR) is 15.6 cm³/mol. The highest BCUT2D eigenvalue weighted by Gasteiger charge is 2.16. The molecule has 1 heterocycles. The van der Waals surface area contributed by atoms with Crippen molar-refractivity contribution in [2.24, 2.45) is 0 Å². The fourth-order valence-corrected chi connectivity index (χ4v) is 0.109. The van der Waals surface area contributed by atoms with E-state index in [-0.39, 0.29) is 5.56 Å². The van der Waals surface area contributed by atoms with Gasteiger partial charge >= 0.3 is 0 Å². The van der Waals surface area contributed by atoms with Crippen molar-refractivity contribution in [3.8, 4) is 0 Å². The van der Waals surface area contributed by atoms with E-state index in [9.17, 15) is 0 Å². The molecule has 0 saturated carbocycles.